The van der Waals surface area contributed by atoms with Crippen molar-refractivity contribution >= 4 is 11.9 Å². The second-order valence-electron chi connectivity index (χ2n) is 4.71. The zero-order chi connectivity index (χ0) is 16.8. The Kier molecular flexibility index (Phi) is 5.28. The third-order valence-corrected chi connectivity index (χ3v) is 2.99. The third kappa shape index (κ3) is 4.80. The first kappa shape index (κ1) is 16.5. The van der Waals surface area contributed by atoms with Gasteiger partial charge in [-0.1, -0.05) is 6.07 Å². The predicted molar refractivity (Wildman–Crippen MR) is 71.8 cm³/mol. The maximum Gasteiger partial charge on any atom is 0.305 e. The van der Waals surface area contributed by atoms with E-state index in [1.807, 2.05) is 0 Å². The number of halogens is 2. The van der Waals surface area contributed by atoms with Crippen LogP contribution in [0.1, 0.15) is 12.0 Å². The van der Waals surface area contributed by atoms with Gasteiger partial charge in [0.25, 0.3) is 0 Å². The number of amides is 1. The van der Waals surface area contributed by atoms with Gasteiger partial charge in [0.2, 0.25) is 5.91 Å². The van der Waals surface area contributed by atoms with E-state index in [-0.39, 0.29) is 26.1 Å². The van der Waals surface area contributed by atoms with Crippen molar-refractivity contribution in [2.45, 2.75) is 19.5 Å². The maximum atomic E-state index is 13.2. The monoisotopic (exact) mass is 325 g/mol. The molecular formula is C13H13F2N5O3. The second kappa shape index (κ2) is 7.38. The fraction of sp³-hybridized carbons (Fsp3) is 0.308. The molecule has 0 saturated heterocycles. The minimum atomic E-state index is -1.07. The van der Waals surface area contributed by atoms with Gasteiger partial charge >= 0.3 is 5.97 Å². The van der Waals surface area contributed by atoms with E-state index in [4.69, 9.17) is 5.11 Å². The summed E-state index contributed by atoms with van der Waals surface area (Å²) in [6.45, 7) is -0.309. The summed E-state index contributed by atoms with van der Waals surface area (Å²) < 4.78 is 27.4. The van der Waals surface area contributed by atoms with Crippen molar-refractivity contribution in [3.8, 4) is 0 Å². The lowest BCUT2D eigenvalue weighted by Gasteiger charge is -2.22. The fourth-order valence-corrected chi connectivity index (χ4v) is 1.87. The lowest BCUT2D eigenvalue weighted by molar-refractivity contribution is -0.139. The van der Waals surface area contributed by atoms with Gasteiger partial charge in [-0.25, -0.2) is 13.5 Å². The molecule has 8 nitrogen and oxygen atoms in total. The van der Waals surface area contributed by atoms with Gasteiger partial charge in [0.15, 0.2) is 11.6 Å². The van der Waals surface area contributed by atoms with Crippen LogP contribution >= 0.6 is 0 Å². The quantitative estimate of drug-likeness (QED) is 0.793. The topological polar surface area (TPSA) is 101 Å². The number of carbonyl (C=O) groups excluding carboxylic acids is 1. The first-order valence-corrected chi connectivity index (χ1v) is 6.60. The zero-order valence-corrected chi connectivity index (χ0v) is 11.9. The molecule has 0 saturated carbocycles. The van der Waals surface area contributed by atoms with Crippen LogP contribution in [0.15, 0.2) is 24.5 Å². The molecule has 1 aromatic heterocycles. The number of carboxylic acids is 1. The highest BCUT2D eigenvalue weighted by molar-refractivity contribution is 5.76. The van der Waals surface area contributed by atoms with Gasteiger partial charge in [0.05, 0.1) is 6.42 Å². The molecule has 1 N–H and O–H groups in total. The average Bonchev–Trinajstić information content (AvgIpc) is 2.99. The van der Waals surface area contributed by atoms with Crippen molar-refractivity contribution in [2.24, 2.45) is 0 Å². The van der Waals surface area contributed by atoms with Crippen LogP contribution in [-0.4, -0.2) is 48.6 Å². The number of aromatic nitrogens is 4. The lowest BCUT2D eigenvalue weighted by atomic mass is 10.2. The largest absolute Gasteiger partial charge is 0.481 e. The molecule has 1 heterocycles. The van der Waals surface area contributed by atoms with Crippen LogP contribution in [0.5, 0.6) is 0 Å². The van der Waals surface area contributed by atoms with E-state index >= 15 is 0 Å². The molecule has 0 atom stereocenters. The molecule has 0 spiro atoms. The van der Waals surface area contributed by atoms with Crippen LogP contribution in [0.25, 0.3) is 0 Å². The van der Waals surface area contributed by atoms with Gasteiger partial charge in [0.1, 0.15) is 12.9 Å². The highest BCUT2D eigenvalue weighted by atomic mass is 19.2. The number of hydrogen-bond acceptors (Lipinski definition) is 5. The number of nitrogens with zero attached hydrogens (tertiary/aromatic N) is 5. The van der Waals surface area contributed by atoms with E-state index in [1.165, 1.54) is 22.0 Å². The van der Waals surface area contributed by atoms with Crippen molar-refractivity contribution in [1.82, 2.24) is 25.1 Å². The van der Waals surface area contributed by atoms with E-state index < -0.39 is 23.5 Å². The smallest absolute Gasteiger partial charge is 0.305 e. The lowest BCUT2D eigenvalue weighted by Crippen LogP contribution is -2.35. The molecule has 122 valence electrons. The third-order valence-electron chi connectivity index (χ3n) is 2.99. The number of benzene rings is 1. The summed E-state index contributed by atoms with van der Waals surface area (Å²) in [5, 5.41) is 19.1. The molecule has 0 aliphatic rings. The van der Waals surface area contributed by atoms with Gasteiger partial charge in [-0.05, 0) is 28.1 Å². The standard InChI is InChI=1S/C13H13F2N5O3/c14-10-2-1-9(5-11(10)15)6-19(4-3-13(22)23)12(21)7-20-8-16-17-18-20/h1-2,5,8H,3-4,6-7H2,(H,22,23). The molecule has 23 heavy (non-hydrogen) atoms. The van der Waals surface area contributed by atoms with E-state index in [1.54, 1.807) is 0 Å². The molecule has 2 aromatic rings. The van der Waals surface area contributed by atoms with Gasteiger partial charge in [-0.2, -0.15) is 0 Å². The highest BCUT2D eigenvalue weighted by Crippen LogP contribution is 2.12. The van der Waals surface area contributed by atoms with Crippen molar-refractivity contribution in [3.05, 3.63) is 41.7 Å². The summed E-state index contributed by atoms with van der Waals surface area (Å²) in [6, 6.07) is 3.25. The number of rotatable bonds is 7. The molecule has 1 amide bonds. The Hall–Kier alpha value is -2.91. The van der Waals surface area contributed by atoms with E-state index in [0.29, 0.717) is 5.56 Å². The van der Waals surface area contributed by atoms with Crippen molar-refractivity contribution < 1.29 is 23.5 Å². The number of carbonyl (C=O) groups is 2. The van der Waals surface area contributed by atoms with Crippen LogP contribution in [0, 0.1) is 11.6 Å². The molecule has 0 aliphatic carbocycles. The molecule has 0 radical (unpaired) electrons. The van der Waals surface area contributed by atoms with Crippen LogP contribution in [0.4, 0.5) is 8.78 Å². The molecule has 10 heteroatoms. The van der Waals surface area contributed by atoms with Gasteiger partial charge in [-0.15, -0.1) is 5.10 Å². The molecule has 0 bridgehead atoms. The summed E-state index contributed by atoms with van der Waals surface area (Å²) >= 11 is 0. The summed E-state index contributed by atoms with van der Waals surface area (Å²) in [6.07, 6.45) is 0.968. The van der Waals surface area contributed by atoms with Crippen LogP contribution in [0.2, 0.25) is 0 Å². The Morgan fingerprint density at radius 2 is 2.04 bits per heavy atom. The minimum absolute atomic E-state index is 0.0502. The van der Waals surface area contributed by atoms with E-state index in [9.17, 15) is 18.4 Å². The van der Waals surface area contributed by atoms with Gasteiger partial charge in [-0.3, -0.25) is 9.59 Å². The van der Waals surface area contributed by atoms with Crippen LogP contribution in [-0.2, 0) is 22.7 Å². The molecule has 0 fully saturated rings. The summed E-state index contributed by atoms with van der Waals surface area (Å²) in [5.74, 6) is -3.54. The molecule has 2 rings (SSSR count). The first-order valence-electron chi connectivity index (χ1n) is 6.60. The van der Waals surface area contributed by atoms with Gasteiger partial charge < -0.3 is 10.0 Å². The Bertz CT molecular complexity index is 693. The normalized spacial score (nSPS) is 10.5. The number of aliphatic carboxylic acids is 1. The Morgan fingerprint density at radius 3 is 2.65 bits per heavy atom. The number of carboxylic acid groups (broad SMARTS) is 1. The zero-order valence-electron chi connectivity index (χ0n) is 11.9. The fourth-order valence-electron chi connectivity index (χ4n) is 1.87. The maximum absolute atomic E-state index is 13.2. The summed E-state index contributed by atoms with van der Waals surface area (Å²) in [5.41, 5.74) is 0.347. The summed E-state index contributed by atoms with van der Waals surface area (Å²) in [4.78, 5) is 24.2. The SMILES string of the molecule is O=C(O)CCN(Cc1ccc(F)c(F)c1)C(=O)Cn1cnnn1. The average molecular weight is 325 g/mol. The van der Waals surface area contributed by atoms with Gasteiger partial charge in [0, 0.05) is 13.1 Å². The van der Waals surface area contributed by atoms with Crippen LogP contribution in [0.3, 0.4) is 0 Å². The Morgan fingerprint density at radius 1 is 1.26 bits per heavy atom. The Labute approximate surface area is 129 Å². The molecule has 1 aromatic carbocycles. The molecular weight excluding hydrogens is 312 g/mol. The van der Waals surface area contributed by atoms with Crippen LogP contribution < -0.4 is 0 Å². The second-order valence-corrected chi connectivity index (χ2v) is 4.71. The Balaban J connectivity index is 2.10. The van der Waals surface area contributed by atoms with Crippen molar-refractivity contribution in [1.29, 1.82) is 0 Å². The summed E-state index contributed by atoms with van der Waals surface area (Å²) in [7, 11) is 0. The predicted octanol–water partition coefficient (Wildman–Crippen LogP) is 0.455. The molecule has 0 unspecified atom stereocenters. The van der Waals surface area contributed by atoms with Crippen molar-refractivity contribution in [2.75, 3.05) is 6.54 Å². The number of tetrazole rings is 1. The van der Waals surface area contributed by atoms with E-state index in [2.05, 4.69) is 15.5 Å². The van der Waals surface area contributed by atoms with E-state index in [0.717, 1.165) is 12.1 Å². The number of hydrogen-bond donors (Lipinski definition) is 1. The molecule has 0 aliphatic heterocycles. The highest BCUT2D eigenvalue weighted by Gasteiger charge is 2.17. The minimum Gasteiger partial charge on any atom is -0.481 e. The first-order chi connectivity index (χ1) is 11.0. The van der Waals surface area contributed by atoms with Crippen molar-refractivity contribution in [3.63, 3.8) is 0 Å².